The van der Waals surface area contributed by atoms with E-state index in [-0.39, 0.29) is 11.7 Å². The molecule has 2 heterocycles. The Kier molecular flexibility index (Phi) is 5.00. The number of halogens is 1. The van der Waals surface area contributed by atoms with Crippen LogP contribution in [0.25, 0.3) is 0 Å². The van der Waals surface area contributed by atoms with Gasteiger partial charge in [-0.25, -0.2) is 9.37 Å². The number of carbonyl (C=O) groups is 1. The van der Waals surface area contributed by atoms with Gasteiger partial charge in [-0.2, -0.15) is 5.10 Å². The van der Waals surface area contributed by atoms with Gasteiger partial charge in [-0.05, 0) is 30.2 Å². The summed E-state index contributed by atoms with van der Waals surface area (Å²) in [7, 11) is 0. The first-order valence-corrected chi connectivity index (χ1v) is 8.55. The van der Waals surface area contributed by atoms with Crippen LogP contribution in [0.4, 0.5) is 9.52 Å². The summed E-state index contributed by atoms with van der Waals surface area (Å²) in [5.41, 5.74) is 2.22. The lowest BCUT2D eigenvalue weighted by atomic mass is 10.2. The summed E-state index contributed by atoms with van der Waals surface area (Å²) in [4.78, 5) is 16.6. The highest BCUT2D eigenvalue weighted by Crippen LogP contribution is 2.15. The molecule has 1 amide bonds. The van der Waals surface area contributed by atoms with Crippen LogP contribution >= 0.6 is 11.3 Å². The van der Waals surface area contributed by atoms with Gasteiger partial charge in [0.2, 0.25) is 0 Å². The number of rotatable bonds is 6. The van der Waals surface area contributed by atoms with Crippen molar-refractivity contribution in [3.8, 4) is 0 Å². The molecule has 124 valence electrons. The molecule has 0 aliphatic rings. The monoisotopic (exact) mass is 344 g/mol. The average Bonchev–Trinajstić information content (AvgIpc) is 3.20. The Hall–Kier alpha value is -2.54. The standard InChI is InChI=1S/C17H17FN4OS/c1-2-3-14-10-15(16(23)20-17-19-8-9-24-17)22(21-14)11-12-4-6-13(18)7-5-12/h4-10H,2-3,11H2,1H3,(H,19,20,23). The fourth-order valence-corrected chi connectivity index (χ4v) is 2.88. The number of hydrogen-bond donors (Lipinski definition) is 1. The van der Waals surface area contributed by atoms with Crippen LogP contribution < -0.4 is 5.32 Å². The van der Waals surface area contributed by atoms with Crippen LogP contribution in [0, 0.1) is 5.82 Å². The summed E-state index contributed by atoms with van der Waals surface area (Å²) in [5, 5.41) is 9.64. The molecule has 1 N–H and O–H groups in total. The molecule has 0 radical (unpaired) electrons. The van der Waals surface area contributed by atoms with Crippen molar-refractivity contribution in [2.75, 3.05) is 5.32 Å². The van der Waals surface area contributed by atoms with Crippen LogP contribution in [-0.4, -0.2) is 20.7 Å². The molecular weight excluding hydrogens is 327 g/mol. The molecule has 2 aromatic heterocycles. The smallest absolute Gasteiger partial charge is 0.275 e. The first-order valence-electron chi connectivity index (χ1n) is 7.67. The summed E-state index contributed by atoms with van der Waals surface area (Å²) in [6.45, 7) is 2.47. The van der Waals surface area contributed by atoms with Gasteiger partial charge in [-0.1, -0.05) is 25.5 Å². The van der Waals surface area contributed by atoms with Crippen LogP contribution in [0.5, 0.6) is 0 Å². The van der Waals surface area contributed by atoms with Gasteiger partial charge in [-0.3, -0.25) is 14.8 Å². The number of thiazole rings is 1. The van der Waals surface area contributed by atoms with Crippen molar-refractivity contribution in [1.29, 1.82) is 0 Å². The molecule has 0 atom stereocenters. The fraction of sp³-hybridized carbons (Fsp3) is 0.235. The maximum atomic E-state index is 13.1. The lowest BCUT2D eigenvalue weighted by Gasteiger charge is -2.07. The number of amides is 1. The van der Waals surface area contributed by atoms with E-state index < -0.39 is 0 Å². The van der Waals surface area contributed by atoms with E-state index in [4.69, 9.17) is 0 Å². The van der Waals surface area contributed by atoms with Crippen LogP contribution in [0.3, 0.4) is 0 Å². The number of hydrogen-bond acceptors (Lipinski definition) is 4. The van der Waals surface area contributed by atoms with Crippen molar-refractivity contribution in [1.82, 2.24) is 14.8 Å². The average molecular weight is 344 g/mol. The lowest BCUT2D eigenvalue weighted by molar-refractivity contribution is 0.101. The van der Waals surface area contributed by atoms with Gasteiger partial charge in [0.15, 0.2) is 5.13 Å². The predicted octanol–water partition coefficient (Wildman–Crippen LogP) is 3.73. The molecule has 0 spiro atoms. The lowest BCUT2D eigenvalue weighted by Crippen LogP contribution is -2.18. The van der Waals surface area contributed by atoms with Crippen molar-refractivity contribution in [2.24, 2.45) is 0 Å². The summed E-state index contributed by atoms with van der Waals surface area (Å²) >= 11 is 1.36. The minimum atomic E-state index is -0.285. The Bertz CT molecular complexity index is 812. The first kappa shape index (κ1) is 16.3. The molecule has 0 unspecified atom stereocenters. The van der Waals surface area contributed by atoms with Crippen LogP contribution in [0.15, 0.2) is 41.9 Å². The number of anilines is 1. The summed E-state index contributed by atoms with van der Waals surface area (Å²) < 4.78 is 14.7. The third kappa shape index (κ3) is 3.86. The van der Waals surface area contributed by atoms with Gasteiger partial charge in [-0.15, -0.1) is 11.3 Å². The molecule has 0 saturated heterocycles. The maximum Gasteiger partial charge on any atom is 0.275 e. The first-order chi connectivity index (χ1) is 11.7. The zero-order valence-corrected chi connectivity index (χ0v) is 14.0. The zero-order chi connectivity index (χ0) is 16.9. The van der Waals surface area contributed by atoms with E-state index in [0.29, 0.717) is 17.4 Å². The molecular formula is C17H17FN4OS. The van der Waals surface area contributed by atoms with E-state index >= 15 is 0 Å². The second-order valence-electron chi connectivity index (χ2n) is 5.35. The Balaban J connectivity index is 1.85. The molecule has 3 rings (SSSR count). The largest absolute Gasteiger partial charge is 0.297 e. The highest BCUT2D eigenvalue weighted by Gasteiger charge is 2.16. The van der Waals surface area contributed by atoms with E-state index in [2.05, 4.69) is 22.3 Å². The van der Waals surface area contributed by atoms with E-state index in [1.54, 1.807) is 34.5 Å². The fourth-order valence-electron chi connectivity index (χ4n) is 2.36. The third-order valence-electron chi connectivity index (χ3n) is 3.47. The molecule has 0 aliphatic heterocycles. The molecule has 24 heavy (non-hydrogen) atoms. The molecule has 0 fully saturated rings. The number of benzene rings is 1. The van der Waals surface area contributed by atoms with Gasteiger partial charge in [0.1, 0.15) is 11.5 Å². The maximum absolute atomic E-state index is 13.1. The Morgan fingerprint density at radius 2 is 2.12 bits per heavy atom. The Labute approximate surface area is 143 Å². The third-order valence-corrected chi connectivity index (χ3v) is 4.16. The van der Waals surface area contributed by atoms with Gasteiger partial charge in [0.25, 0.3) is 5.91 Å². The number of nitrogens with one attached hydrogen (secondary N) is 1. The molecule has 5 nitrogen and oxygen atoms in total. The molecule has 0 saturated carbocycles. The van der Waals surface area contributed by atoms with Crippen LogP contribution in [0.2, 0.25) is 0 Å². The van der Waals surface area contributed by atoms with Crippen molar-refractivity contribution >= 4 is 22.4 Å². The molecule has 0 aliphatic carbocycles. The van der Waals surface area contributed by atoms with Crippen LogP contribution in [0.1, 0.15) is 35.1 Å². The van der Waals surface area contributed by atoms with Gasteiger partial charge >= 0.3 is 0 Å². The normalized spacial score (nSPS) is 10.8. The van der Waals surface area contributed by atoms with E-state index in [0.717, 1.165) is 24.1 Å². The number of carbonyl (C=O) groups excluding carboxylic acids is 1. The summed E-state index contributed by atoms with van der Waals surface area (Å²) in [6, 6.07) is 8.00. The quantitative estimate of drug-likeness (QED) is 0.741. The predicted molar refractivity (Wildman–Crippen MR) is 91.8 cm³/mol. The highest BCUT2D eigenvalue weighted by molar-refractivity contribution is 7.13. The SMILES string of the molecule is CCCc1cc(C(=O)Nc2nccs2)n(Cc2ccc(F)cc2)n1. The number of aryl methyl sites for hydroxylation is 1. The second kappa shape index (κ2) is 7.35. The minimum absolute atomic E-state index is 0.248. The molecule has 0 bridgehead atoms. The topological polar surface area (TPSA) is 59.8 Å². The van der Waals surface area contributed by atoms with E-state index in [9.17, 15) is 9.18 Å². The second-order valence-corrected chi connectivity index (χ2v) is 6.24. The number of aromatic nitrogens is 3. The van der Waals surface area contributed by atoms with Gasteiger partial charge in [0, 0.05) is 11.6 Å². The molecule has 1 aromatic carbocycles. The zero-order valence-electron chi connectivity index (χ0n) is 13.2. The summed E-state index contributed by atoms with van der Waals surface area (Å²) in [5.74, 6) is -0.533. The van der Waals surface area contributed by atoms with E-state index in [1.165, 1.54) is 23.5 Å². The molecule has 3 aromatic rings. The number of nitrogens with zero attached hydrogens (tertiary/aromatic N) is 3. The molecule has 7 heteroatoms. The Morgan fingerprint density at radius 3 is 2.79 bits per heavy atom. The van der Waals surface area contributed by atoms with Crippen molar-refractivity contribution in [3.63, 3.8) is 0 Å². The van der Waals surface area contributed by atoms with Crippen molar-refractivity contribution in [2.45, 2.75) is 26.3 Å². The van der Waals surface area contributed by atoms with Crippen molar-refractivity contribution in [3.05, 3.63) is 64.7 Å². The Morgan fingerprint density at radius 1 is 1.33 bits per heavy atom. The van der Waals surface area contributed by atoms with Crippen LogP contribution in [-0.2, 0) is 13.0 Å². The van der Waals surface area contributed by atoms with Gasteiger partial charge < -0.3 is 0 Å². The van der Waals surface area contributed by atoms with Gasteiger partial charge in [0.05, 0.1) is 12.2 Å². The van der Waals surface area contributed by atoms with E-state index in [1.807, 2.05) is 0 Å². The highest BCUT2D eigenvalue weighted by atomic mass is 32.1. The summed E-state index contributed by atoms with van der Waals surface area (Å²) in [6.07, 6.45) is 3.38. The van der Waals surface area contributed by atoms with Crippen molar-refractivity contribution < 1.29 is 9.18 Å². The minimum Gasteiger partial charge on any atom is -0.297 e.